The van der Waals surface area contributed by atoms with Crippen molar-refractivity contribution in [1.29, 1.82) is 0 Å². The predicted molar refractivity (Wildman–Crippen MR) is 46.8 cm³/mol. The summed E-state index contributed by atoms with van der Waals surface area (Å²) in [6, 6.07) is 3.91. The smallest absolute Gasteiger partial charge is 0.166 e. The molecule has 5 heteroatoms. The molecule has 0 aliphatic carbocycles. The fourth-order valence-corrected chi connectivity index (χ4v) is 1.58. The minimum Gasteiger partial charge on any atom is -0.166 e. The molecule has 1 aromatic carbocycles. The Hall–Kier alpha value is -0.0300. The zero-order valence-corrected chi connectivity index (χ0v) is 8.79. The second-order valence-electron chi connectivity index (χ2n) is 2.10. The number of benzene rings is 1. The molecule has 0 amide bonds. The summed E-state index contributed by atoms with van der Waals surface area (Å²) < 4.78 is 37.0. The normalized spacial score (nSPS) is 11.8. The Balaban J connectivity index is 3.26. The van der Waals surface area contributed by atoms with Gasteiger partial charge in [0.25, 0.3) is 0 Å². The molecule has 0 saturated carbocycles. The Morgan fingerprint density at radius 2 is 1.67 bits per heavy atom. The van der Waals surface area contributed by atoms with Gasteiger partial charge in [0.15, 0.2) is 0 Å². The zero-order chi connectivity index (χ0) is 9.35. The van der Waals surface area contributed by atoms with Gasteiger partial charge in [-0.2, -0.15) is 13.2 Å². The Bertz CT molecular complexity index is 293. The highest BCUT2D eigenvalue weighted by Gasteiger charge is 2.33. The van der Waals surface area contributed by atoms with Crippen LogP contribution in [-0.4, -0.2) is 0 Å². The van der Waals surface area contributed by atoms with Crippen LogP contribution in [0.25, 0.3) is 0 Å². The van der Waals surface area contributed by atoms with Crippen LogP contribution in [0.3, 0.4) is 0 Å². The van der Waals surface area contributed by atoms with Crippen molar-refractivity contribution in [2.24, 2.45) is 0 Å². The van der Waals surface area contributed by atoms with Crippen molar-refractivity contribution in [2.75, 3.05) is 0 Å². The summed E-state index contributed by atoms with van der Waals surface area (Å²) in [5.41, 5.74) is -0.670. The minimum absolute atomic E-state index is 0.0394. The van der Waals surface area contributed by atoms with Crippen molar-refractivity contribution in [3.63, 3.8) is 0 Å². The van der Waals surface area contributed by atoms with Crippen LogP contribution in [0.2, 0.25) is 0 Å². The highest BCUT2D eigenvalue weighted by Crippen LogP contribution is 2.37. The molecule has 12 heavy (non-hydrogen) atoms. The standard InChI is InChI=1S/C7H3Br2F3/c8-5-3-1-2-4(6(5)9)7(10,11)12/h1-3H. The molecule has 0 N–H and O–H groups in total. The van der Waals surface area contributed by atoms with E-state index < -0.39 is 11.7 Å². The van der Waals surface area contributed by atoms with Crippen LogP contribution in [0.4, 0.5) is 13.2 Å². The van der Waals surface area contributed by atoms with E-state index >= 15 is 0 Å². The highest BCUT2D eigenvalue weighted by atomic mass is 79.9. The first-order valence-corrected chi connectivity index (χ1v) is 4.52. The lowest BCUT2D eigenvalue weighted by atomic mass is 10.2. The van der Waals surface area contributed by atoms with Gasteiger partial charge in [-0.25, -0.2) is 0 Å². The second-order valence-corrected chi connectivity index (χ2v) is 3.75. The molecule has 0 bridgehead atoms. The molecule has 0 nitrogen and oxygen atoms in total. The van der Waals surface area contributed by atoms with Gasteiger partial charge in [0.1, 0.15) is 0 Å². The molecule has 0 aliphatic heterocycles. The van der Waals surface area contributed by atoms with Gasteiger partial charge in [-0.05, 0) is 44.0 Å². The van der Waals surface area contributed by atoms with Crippen LogP contribution < -0.4 is 0 Å². The number of halogens is 5. The topological polar surface area (TPSA) is 0 Å². The molecule has 66 valence electrons. The quantitative estimate of drug-likeness (QED) is 0.673. The summed E-state index contributed by atoms with van der Waals surface area (Å²) >= 11 is 5.84. The SMILES string of the molecule is FC(F)(F)c1cccc(Br)c1Br. The van der Waals surface area contributed by atoms with Gasteiger partial charge < -0.3 is 0 Å². The molecule has 1 rings (SSSR count). The Kier molecular flexibility index (Phi) is 2.83. The van der Waals surface area contributed by atoms with Gasteiger partial charge >= 0.3 is 6.18 Å². The molecule has 0 atom stereocenters. The van der Waals surface area contributed by atoms with Crippen molar-refractivity contribution in [1.82, 2.24) is 0 Å². The van der Waals surface area contributed by atoms with Crippen molar-refractivity contribution < 1.29 is 13.2 Å². The zero-order valence-electron chi connectivity index (χ0n) is 5.62. The van der Waals surface area contributed by atoms with Crippen molar-refractivity contribution >= 4 is 31.9 Å². The van der Waals surface area contributed by atoms with Crippen molar-refractivity contribution in [3.8, 4) is 0 Å². The number of rotatable bonds is 0. The number of alkyl halides is 3. The fraction of sp³-hybridized carbons (Fsp3) is 0.143. The van der Waals surface area contributed by atoms with Gasteiger partial charge in [-0.15, -0.1) is 0 Å². The highest BCUT2D eigenvalue weighted by molar-refractivity contribution is 9.13. The maximum absolute atomic E-state index is 12.2. The van der Waals surface area contributed by atoms with E-state index in [-0.39, 0.29) is 4.47 Å². The lowest BCUT2D eigenvalue weighted by Gasteiger charge is -2.09. The average Bonchev–Trinajstić information content (AvgIpc) is 1.92. The first kappa shape index (κ1) is 10.1. The predicted octanol–water partition coefficient (Wildman–Crippen LogP) is 4.23. The molecule has 1 aromatic rings. The maximum atomic E-state index is 12.2. The summed E-state index contributed by atoms with van der Waals surface area (Å²) in [6.07, 6.45) is -4.30. The maximum Gasteiger partial charge on any atom is 0.417 e. The van der Waals surface area contributed by atoms with Crippen molar-refractivity contribution in [2.45, 2.75) is 6.18 Å². The number of hydrogen-bond acceptors (Lipinski definition) is 0. The van der Waals surface area contributed by atoms with Crippen LogP contribution in [0.5, 0.6) is 0 Å². The third kappa shape index (κ3) is 2.01. The van der Waals surface area contributed by atoms with E-state index in [1.165, 1.54) is 6.07 Å². The second kappa shape index (κ2) is 3.38. The van der Waals surface area contributed by atoms with Gasteiger partial charge in [-0.1, -0.05) is 6.07 Å². The van der Waals surface area contributed by atoms with Gasteiger partial charge in [0.05, 0.1) is 5.56 Å². The summed E-state index contributed by atoms with van der Waals surface area (Å²) in [4.78, 5) is 0. The van der Waals surface area contributed by atoms with Crippen LogP contribution >= 0.6 is 31.9 Å². The average molecular weight is 304 g/mol. The van der Waals surface area contributed by atoms with E-state index in [4.69, 9.17) is 0 Å². The third-order valence-corrected chi connectivity index (χ3v) is 3.30. The van der Waals surface area contributed by atoms with Crippen LogP contribution in [-0.2, 0) is 6.18 Å². The monoisotopic (exact) mass is 302 g/mol. The van der Waals surface area contributed by atoms with E-state index in [0.717, 1.165) is 6.07 Å². The lowest BCUT2D eigenvalue weighted by Crippen LogP contribution is -2.05. The first-order chi connectivity index (χ1) is 5.43. The molecular formula is C7H3Br2F3. The molecule has 0 aliphatic rings. The van der Waals surface area contributed by atoms with E-state index in [2.05, 4.69) is 31.9 Å². The molecule has 0 fully saturated rings. The first-order valence-electron chi connectivity index (χ1n) is 2.94. The molecule has 0 aromatic heterocycles. The third-order valence-electron chi connectivity index (χ3n) is 1.26. The van der Waals surface area contributed by atoms with E-state index in [1.807, 2.05) is 0 Å². The molecule has 0 spiro atoms. The molecule has 0 radical (unpaired) electrons. The van der Waals surface area contributed by atoms with Gasteiger partial charge in [0.2, 0.25) is 0 Å². The molecule has 0 heterocycles. The van der Waals surface area contributed by atoms with Crippen LogP contribution in [0, 0.1) is 0 Å². The summed E-state index contributed by atoms with van der Waals surface area (Å²) in [5.74, 6) is 0. The van der Waals surface area contributed by atoms with Gasteiger partial charge in [-0.3, -0.25) is 0 Å². The Morgan fingerprint density at radius 1 is 1.08 bits per heavy atom. The van der Waals surface area contributed by atoms with Crippen LogP contribution in [0.15, 0.2) is 27.1 Å². The van der Waals surface area contributed by atoms with E-state index in [0.29, 0.717) is 4.47 Å². The molecule has 0 saturated heterocycles. The Morgan fingerprint density at radius 3 is 2.08 bits per heavy atom. The van der Waals surface area contributed by atoms with E-state index in [1.54, 1.807) is 6.07 Å². The fourth-order valence-electron chi connectivity index (χ4n) is 0.723. The summed E-state index contributed by atoms with van der Waals surface area (Å²) in [5, 5.41) is 0. The molecule has 0 unspecified atom stereocenters. The number of hydrogen-bond donors (Lipinski definition) is 0. The lowest BCUT2D eigenvalue weighted by molar-refractivity contribution is -0.138. The summed E-state index contributed by atoms with van der Waals surface area (Å²) in [7, 11) is 0. The van der Waals surface area contributed by atoms with Crippen LogP contribution in [0.1, 0.15) is 5.56 Å². The van der Waals surface area contributed by atoms with Crippen molar-refractivity contribution in [3.05, 3.63) is 32.7 Å². The summed E-state index contributed by atoms with van der Waals surface area (Å²) in [6.45, 7) is 0. The molecular weight excluding hydrogens is 301 g/mol. The Labute approximate surface area is 84.0 Å². The largest absolute Gasteiger partial charge is 0.417 e. The minimum atomic E-state index is -4.30. The van der Waals surface area contributed by atoms with Gasteiger partial charge in [0, 0.05) is 8.95 Å². The van der Waals surface area contributed by atoms with E-state index in [9.17, 15) is 13.2 Å².